The lowest BCUT2D eigenvalue weighted by Crippen LogP contribution is -2.42. The molecule has 0 atom stereocenters. The maximum atomic E-state index is 12.1. The highest BCUT2D eigenvalue weighted by Gasteiger charge is 2.21. The minimum absolute atomic E-state index is 0.0579. The summed E-state index contributed by atoms with van der Waals surface area (Å²) >= 11 is 0. The Morgan fingerprint density at radius 2 is 1.63 bits per heavy atom. The highest BCUT2D eigenvalue weighted by molar-refractivity contribution is 7.89. The van der Waals surface area contributed by atoms with Crippen molar-refractivity contribution in [3.63, 3.8) is 0 Å². The summed E-state index contributed by atoms with van der Waals surface area (Å²) in [6.07, 6.45) is 1.70. The van der Waals surface area contributed by atoms with Crippen LogP contribution in [0.3, 0.4) is 0 Å². The van der Waals surface area contributed by atoms with Gasteiger partial charge in [0.2, 0.25) is 10.0 Å². The lowest BCUT2D eigenvalue weighted by Gasteiger charge is -2.23. The van der Waals surface area contributed by atoms with Gasteiger partial charge in [0.15, 0.2) is 0 Å². The van der Waals surface area contributed by atoms with Crippen LogP contribution in [0, 0.1) is 6.92 Å². The van der Waals surface area contributed by atoms with Gasteiger partial charge in [0.25, 0.3) is 0 Å². The van der Waals surface area contributed by atoms with Crippen LogP contribution < -0.4 is 10.0 Å². The molecule has 1 saturated heterocycles. The number of sulfonamides is 1. The largest absolute Gasteiger partial charge is 0.317 e. The second-order valence-electron chi connectivity index (χ2n) is 4.46. The summed E-state index contributed by atoms with van der Waals surface area (Å²) in [7, 11) is -3.35. The topological polar surface area (TPSA) is 58.2 Å². The molecule has 0 amide bonds. The SMILES string of the molecule is CC.Cc1ccc(S(=O)(=O)NC2CCNCC2)cc1. The van der Waals surface area contributed by atoms with Crippen molar-refractivity contribution in [2.24, 2.45) is 0 Å². The Balaban J connectivity index is 0.000000861. The fourth-order valence-electron chi connectivity index (χ4n) is 1.94. The van der Waals surface area contributed by atoms with Crippen LogP contribution in [-0.2, 0) is 10.0 Å². The van der Waals surface area contributed by atoms with Gasteiger partial charge in [-0.3, -0.25) is 0 Å². The summed E-state index contributed by atoms with van der Waals surface area (Å²) in [5, 5.41) is 3.21. The lowest BCUT2D eigenvalue weighted by atomic mass is 10.1. The average molecular weight is 284 g/mol. The number of hydrogen-bond donors (Lipinski definition) is 2. The molecule has 2 rings (SSSR count). The van der Waals surface area contributed by atoms with Crippen molar-refractivity contribution >= 4 is 10.0 Å². The normalized spacial score (nSPS) is 16.6. The van der Waals surface area contributed by atoms with Crippen molar-refractivity contribution in [3.05, 3.63) is 29.8 Å². The minimum Gasteiger partial charge on any atom is -0.317 e. The molecule has 5 heteroatoms. The van der Waals surface area contributed by atoms with Gasteiger partial charge in [0.05, 0.1) is 4.90 Å². The zero-order chi connectivity index (χ0) is 14.3. The fraction of sp³-hybridized carbons (Fsp3) is 0.571. The lowest BCUT2D eigenvalue weighted by molar-refractivity contribution is 0.427. The van der Waals surface area contributed by atoms with E-state index in [2.05, 4.69) is 10.0 Å². The van der Waals surface area contributed by atoms with Crippen LogP contribution in [0.1, 0.15) is 32.3 Å². The first-order chi connectivity index (χ1) is 9.08. The van der Waals surface area contributed by atoms with Crippen LogP contribution in [0.5, 0.6) is 0 Å². The molecule has 0 bridgehead atoms. The molecule has 4 nitrogen and oxygen atoms in total. The molecule has 0 saturated carbocycles. The predicted molar refractivity (Wildman–Crippen MR) is 78.7 cm³/mol. The molecule has 19 heavy (non-hydrogen) atoms. The first-order valence-electron chi connectivity index (χ1n) is 6.88. The molecule has 1 aliphatic heterocycles. The Morgan fingerprint density at radius 1 is 1.11 bits per heavy atom. The van der Waals surface area contributed by atoms with E-state index in [1.807, 2.05) is 32.9 Å². The van der Waals surface area contributed by atoms with Gasteiger partial charge in [-0.25, -0.2) is 13.1 Å². The zero-order valence-corrected chi connectivity index (χ0v) is 12.8. The van der Waals surface area contributed by atoms with E-state index in [0.717, 1.165) is 31.5 Å². The Hall–Kier alpha value is -0.910. The quantitative estimate of drug-likeness (QED) is 0.893. The summed E-state index contributed by atoms with van der Waals surface area (Å²) in [5.41, 5.74) is 1.06. The molecule has 1 heterocycles. The Kier molecular flexibility index (Phi) is 6.48. The van der Waals surface area contributed by atoms with Gasteiger partial charge >= 0.3 is 0 Å². The predicted octanol–water partition coefficient (Wildman–Crippen LogP) is 2.05. The first-order valence-corrected chi connectivity index (χ1v) is 8.36. The van der Waals surface area contributed by atoms with E-state index >= 15 is 0 Å². The summed E-state index contributed by atoms with van der Waals surface area (Å²) in [5.74, 6) is 0. The number of hydrogen-bond acceptors (Lipinski definition) is 3. The third kappa shape index (κ3) is 4.93. The van der Waals surface area contributed by atoms with Crippen molar-refractivity contribution in [1.29, 1.82) is 0 Å². The highest BCUT2D eigenvalue weighted by Crippen LogP contribution is 2.12. The third-order valence-electron chi connectivity index (χ3n) is 2.99. The van der Waals surface area contributed by atoms with Gasteiger partial charge in [0.1, 0.15) is 0 Å². The van der Waals surface area contributed by atoms with Gasteiger partial charge in [-0.15, -0.1) is 0 Å². The van der Waals surface area contributed by atoms with E-state index in [-0.39, 0.29) is 6.04 Å². The number of benzene rings is 1. The van der Waals surface area contributed by atoms with Gasteiger partial charge in [0, 0.05) is 6.04 Å². The van der Waals surface area contributed by atoms with Crippen LogP contribution in [-0.4, -0.2) is 27.5 Å². The molecule has 1 fully saturated rings. The Bertz CT molecular complexity index is 463. The average Bonchev–Trinajstić information content (AvgIpc) is 2.42. The second kappa shape index (κ2) is 7.62. The van der Waals surface area contributed by atoms with Crippen molar-refractivity contribution in [3.8, 4) is 0 Å². The van der Waals surface area contributed by atoms with Crippen molar-refractivity contribution in [2.45, 2.75) is 44.6 Å². The zero-order valence-electron chi connectivity index (χ0n) is 11.9. The van der Waals surface area contributed by atoms with E-state index in [9.17, 15) is 8.42 Å². The fourth-order valence-corrected chi connectivity index (χ4v) is 3.25. The molecule has 1 aromatic rings. The van der Waals surface area contributed by atoms with Gasteiger partial charge in [-0.05, 0) is 45.0 Å². The first kappa shape index (κ1) is 16.1. The van der Waals surface area contributed by atoms with Crippen LogP contribution in [0.4, 0.5) is 0 Å². The monoisotopic (exact) mass is 284 g/mol. The van der Waals surface area contributed by atoms with Crippen molar-refractivity contribution < 1.29 is 8.42 Å². The van der Waals surface area contributed by atoms with Crippen molar-refractivity contribution in [1.82, 2.24) is 10.0 Å². The highest BCUT2D eigenvalue weighted by atomic mass is 32.2. The molecule has 0 unspecified atom stereocenters. The van der Waals surface area contributed by atoms with E-state index in [4.69, 9.17) is 0 Å². The molecule has 0 radical (unpaired) electrons. The van der Waals surface area contributed by atoms with E-state index in [1.54, 1.807) is 12.1 Å². The molecule has 1 aliphatic rings. The summed E-state index contributed by atoms with van der Waals surface area (Å²) in [6.45, 7) is 7.69. The van der Waals surface area contributed by atoms with Gasteiger partial charge < -0.3 is 5.32 Å². The maximum absolute atomic E-state index is 12.1. The molecule has 108 valence electrons. The number of nitrogens with one attached hydrogen (secondary N) is 2. The van der Waals surface area contributed by atoms with Crippen molar-refractivity contribution in [2.75, 3.05) is 13.1 Å². The smallest absolute Gasteiger partial charge is 0.240 e. The standard InChI is InChI=1S/C12H18N2O2S.C2H6/c1-10-2-4-12(5-3-10)17(15,16)14-11-6-8-13-9-7-11;1-2/h2-5,11,13-14H,6-9H2,1H3;1-2H3. The van der Waals surface area contributed by atoms with Crippen LogP contribution in [0.25, 0.3) is 0 Å². The molecule has 0 aromatic heterocycles. The third-order valence-corrected chi connectivity index (χ3v) is 4.53. The summed E-state index contributed by atoms with van der Waals surface area (Å²) in [6, 6.07) is 6.99. The molecule has 2 N–H and O–H groups in total. The number of rotatable bonds is 3. The minimum atomic E-state index is -3.35. The van der Waals surface area contributed by atoms with Crippen LogP contribution in [0.2, 0.25) is 0 Å². The summed E-state index contributed by atoms with van der Waals surface area (Å²) < 4.78 is 26.9. The second-order valence-corrected chi connectivity index (χ2v) is 6.17. The summed E-state index contributed by atoms with van der Waals surface area (Å²) in [4.78, 5) is 0.349. The van der Waals surface area contributed by atoms with Crippen LogP contribution in [0.15, 0.2) is 29.2 Å². The van der Waals surface area contributed by atoms with E-state index in [0.29, 0.717) is 4.90 Å². The number of aryl methyl sites for hydroxylation is 1. The molecule has 0 aliphatic carbocycles. The molecular formula is C14H24N2O2S. The molecule has 1 aromatic carbocycles. The van der Waals surface area contributed by atoms with Gasteiger partial charge in [-0.2, -0.15) is 0 Å². The Labute approximate surface area is 116 Å². The number of piperidine rings is 1. The molecule has 0 spiro atoms. The van der Waals surface area contributed by atoms with E-state index in [1.165, 1.54) is 0 Å². The Morgan fingerprint density at radius 3 is 2.16 bits per heavy atom. The molecular weight excluding hydrogens is 260 g/mol. The van der Waals surface area contributed by atoms with Crippen LogP contribution >= 0.6 is 0 Å². The maximum Gasteiger partial charge on any atom is 0.240 e. The van der Waals surface area contributed by atoms with Gasteiger partial charge in [-0.1, -0.05) is 31.5 Å². The van der Waals surface area contributed by atoms with E-state index < -0.39 is 10.0 Å².